The molecule has 0 saturated heterocycles. The van der Waals surface area contributed by atoms with Gasteiger partial charge in [-0.1, -0.05) is 298 Å². The van der Waals surface area contributed by atoms with Gasteiger partial charge in [0, 0.05) is 25.7 Å². The van der Waals surface area contributed by atoms with Crippen LogP contribution in [-0.2, 0) is 65.4 Å². The number of phosphoric acid groups is 2. The summed E-state index contributed by atoms with van der Waals surface area (Å²) in [5, 5.41) is 10.5. The number of hydrogen-bond donors (Lipinski definition) is 3. The first-order chi connectivity index (χ1) is 42.4. The van der Waals surface area contributed by atoms with Gasteiger partial charge in [0.1, 0.15) is 19.3 Å². The molecule has 0 saturated carbocycles. The van der Waals surface area contributed by atoms with Crippen molar-refractivity contribution in [2.24, 2.45) is 11.8 Å². The predicted molar refractivity (Wildman–Crippen MR) is 354 cm³/mol. The van der Waals surface area contributed by atoms with Crippen LogP contribution in [0.15, 0.2) is 0 Å². The van der Waals surface area contributed by atoms with Crippen LogP contribution < -0.4 is 0 Å². The van der Waals surface area contributed by atoms with Crippen LogP contribution in [0, 0.1) is 11.8 Å². The van der Waals surface area contributed by atoms with Gasteiger partial charge in [-0.25, -0.2) is 9.13 Å². The minimum Gasteiger partial charge on any atom is -0.462 e. The van der Waals surface area contributed by atoms with E-state index in [1.54, 1.807) is 0 Å². The number of esters is 4. The lowest BCUT2D eigenvalue weighted by Crippen LogP contribution is -2.30. The van der Waals surface area contributed by atoms with Gasteiger partial charge in [-0.3, -0.25) is 37.3 Å². The van der Waals surface area contributed by atoms with E-state index in [1.807, 2.05) is 0 Å². The quantitative estimate of drug-likeness (QED) is 0.0222. The van der Waals surface area contributed by atoms with E-state index >= 15 is 0 Å². The smallest absolute Gasteiger partial charge is 0.462 e. The maximum absolute atomic E-state index is 13.0. The van der Waals surface area contributed by atoms with Crippen molar-refractivity contribution in [3.63, 3.8) is 0 Å². The van der Waals surface area contributed by atoms with Gasteiger partial charge in [0.2, 0.25) is 0 Å². The first kappa shape index (κ1) is 86.1. The number of rotatable bonds is 68. The molecule has 0 aromatic rings. The number of aliphatic hydroxyl groups excluding tert-OH is 1. The maximum atomic E-state index is 13.0. The van der Waals surface area contributed by atoms with E-state index in [9.17, 15) is 43.2 Å². The van der Waals surface area contributed by atoms with E-state index in [1.165, 1.54) is 161 Å². The summed E-state index contributed by atoms with van der Waals surface area (Å²) in [4.78, 5) is 72.2. The second kappa shape index (κ2) is 61.3. The number of carbonyl (C=O) groups is 4. The number of ether oxygens (including phenoxy) is 4. The molecule has 0 rings (SSSR count). The third-order valence-corrected chi connectivity index (χ3v) is 17.9. The molecule has 0 aliphatic rings. The van der Waals surface area contributed by atoms with E-state index in [0.717, 1.165) is 102 Å². The zero-order valence-electron chi connectivity index (χ0n) is 57.0. The summed E-state index contributed by atoms with van der Waals surface area (Å²) in [6.07, 6.45) is 46.3. The number of carbonyl (C=O) groups excluding carboxylic acids is 4. The summed E-state index contributed by atoms with van der Waals surface area (Å²) >= 11 is 0. The molecule has 19 heteroatoms. The summed E-state index contributed by atoms with van der Waals surface area (Å²) in [5.74, 6) is -0.633. The Morgan fingerprint density at radius 1 is 0.307 bits per heavy atom. The third-order valence-electron chi connectivity index (χ3n) is 16.0. The molecule has 0 spiro atoms. The summed E-state index contributed by atoms with van der Waals surface area (Å²) in [6, 6.07) is 0. The summed E-state index contributed by atoms with van der Waals surface area (Å²) in [7, 11) is -9.89. The SMILES string of the molecule is CCCCCCCCCCCCCCCCC(=O)OC[C@H](COP(=O)(O)OC[C@@H](O)COP(=O)(O)OC[C@@H](COC(=O)CCCCCCC)OC(=O)CCCCCCCCCC(C)C)OC(=O)CCCCCCCCCCCCCCCCCCC(C)C. The van der Waals surface area contributed by atoms with Crippen LogP contribution in [0.4, 0.5) is 0 Å². The summed E-state index contributed by atoms with van der Waals surface area (Å²) in [5.41, 5.74) is 0. The van der Waals surface area contributed by atoms with E-state index < -0.39 is 97.5 Å². The second-order valence-corrected chi connectivity index (χ2v) is 28.8. The Bertz CT molecular complexity index is 1720. The Hall–Kier alpha value is -1.94. The summed E-state index contributed by atoms with van der Waals surface area (Å²) < 4.78 is 68.0. The Balaban J connectivity index is 5.14. The minimum absolute atomic E-state index is 0.103. The van der Waals surface area contributed by atoms with Gasteiger partial charge in [-0.2, -0.15) is 0 Å². The van der Waals surface area contributed by atoms with Crippen LogP contribution in [0.3, 0.4) is 0 Å². The monoisotopic (exact) mass is 1300 g/mol. The summed E-state index contributed by atoms with van der Waals surface area (Å²) in [6.45, 7) is 9.42. The highest BCUT2D eigenvalue weighted by Gasteiger charge is 2.30. The van der Waals surface area contributed by atoms with Crippen molar-refractivity contribution in [2.45, 2.75) is 368 Å². The number of unbranched alkanes of at least 4 members (excludes halogenated alkanes) is 38. The highest BCUT2D eigenvalue weighted by molar-refractivity contribution is 7.47. The third kappa shape index (κ3) is 62.8. The van der Waals surface area contributed by atoms with Gasteiger partial charge in [0.15, 0.2) is 12.2 Å². The van der Waals surface area contributed by atoms with Gasteiger partial charge in [0.05, 0.1) is 26.4 Å². The van der Waals surface area contributed by atoms with Crippen LogP contribution in [0.1, 0.15) is 350 Å². The number of hydrogen-bond acceptors (Lipinski definition) is 15. The maximum Gasteiger partial charge on any atom is 0.472 e. The Morgan fingerprint density at radius 2 is 0.523 bits per heavy atom. The molecule has 0 aliphatic heterocycles. The van der Waals surface area contributed by atoms with Crippen LogP contribution in [0.5, 0.6) is 0 Å². The average molecular weight is 1300 g/mol. The molecule has 0 radical (unpaired) electrons. The van der Waals surface area contributed by atoms with Crippen LogP contribution in [-0.4, -0.2) is 96.7 Å². The molecule has 5 atom stereocenters. The Labute approximate surface area is 537 Å². The van der Waals surface area contributed by atoms with Crippen molar-refractivity contribution in [1.82, 2.24) is 0 Å². The van der Waals surface area contributed by atoms with E-state index in [0.29, 0.717) is 31.6 Å². The molecular formula is C69H134O17P2. The highest BCUT2D eigenvalue weighted by atomic mass is 31.2. The normalized spacial score (nSPS) is 14.2. The lowest BCUT2D eigenvalue weighted by molar-refractivity contribution is -0.161. The minimum atomic E-state index is -4.95. The fourth-order valence-electron chi connectivity index (χ4n) is 10.4. The Morgan fingerprint density at radius 3 is 0.773 bits per heavy atom. The van der Waals surface area contributed by atoms with Crippen LogP contribution in [0.25, 0.3) is 0 Å². The van der Waals surface area contributed by atoms with Gasteiger partial charge in [0.25, 0.3) is 0 Å². The van der Waals surface area contributed by atoms with Crippen LogP contribution >= 0.6 is 15.6 Å². The molecule has 0 aromatic heterocycles. The lowest BCUT2D eigenvalue weighted by atomic mass is 10.0. The van der Waals surface area contributed by atoms with Gasteiger partial charge >= 0.3 is 39.5 Å². The molecule has 0 amide bonds. The standard InChI is InChI=1S/C69H134O17P2/c1-7-9-11-13-14-15-16-17-23-26-29-34-40-46-52-67(72)80-58-65(86-68(73)53-47-41-35-30-27-24-21-19-18-20-22-25-28-32-38-43-49-61(3)4)60-84-88(77,78)82-56-63(70)55-81-87(75,76)83-59-64(57-79-66(71)51-45-37-12-10-8-2)85-69(74)54-48-42-36-31-33-39-44-50-62(5)6/h61-65,70H,7-60H2,1-6H3,(H,75,76)(H,77,78)/t63-,64+,65+/m0/s1. The fourth-order valence-corrected chi connectivity index (χ4v) is 12.0. The molecule has 0 heterocycles. The van der Waals surface area contributed by atoms with E-state index in [2.05, 4.69) is 41.5 Å². The van der Waals surface area contributed by atoms with Crippen molar-refractivity contribution in [1.29, 1.82) is 0 Å². The molecule has 17 nitrogen and oxygen atoms in total. The first-order valence-corrected chi connectivity index (χ1v) is 39.0. The molecule has 0 fully saturated rings. The second-order valence-electron chi connectivity index (χ2n) is 25.9. The van der Waals surface area contributed by atoms with Crippen molar-refractivity contribution in [3.05, 3.63) is 0 Å². The zero-order valence-corrected chi connectivity index (χ0v) is 58.8. The molecule has 88 heavy (non-hydrogen) atoms. The average Bonchev–Trinajstić information content (AvgIpc) is 3.59. The van der Waals surface area contributed by atoms with Gasteiger partial charge in [-0.15, -0.1) is 0 Å². The molecule has 3 N–H and O–H groups in total. The van der Waals surface area contributed by atoms with Crippen molar-refractivity contribution >= 4 is 39.5 Å². The molecule has 2 unspecified atom stereocenters. The molecular weight excluding hydrogens is 1160 g/mol. The van der Waals surface area contributed by atoms with Gasteiger partial charge in [-0.05, 0) is 37.5 Å². The van der Waals surface area contributed by atoms with E-state index in [-0.39, 0.29) is 25.7 Å². The van der Waals surface area contributed by atoms with Crippen molar-refractivity contribution < 1.29 is 80.2 Å². The topological polar surface area (TPSA) is 237 Å². The highest BCUT2D eigenvalue weighted by Crippen LogP contribution is 2.45. The largest absolute Gasteiger partial charge is 0.472 e. The molecule has 0 aromatic carbocycles. The number of aliphatic hydroxyl groups is 1. The molecule has 522 valence electrons. The first-order valence-electron chi connectivity index (χ1n) is 36.0. The molecule has 0 aliphatic carbocycles. The number of phosphoric ester groups is 2. The predicted octanol–water partition coefficient (Wildman–Crippen LogP) is 19.6. The fraction of sp³-hybridized carbons (Fsp3) is 0.942. The van der Waals surface area contributed by atoms with Crippen molar-refractivity contribution in [3.8, 4) is 0 Å². The Kier molecular flexibility index (Phi) is 59.9. The van der Waals surface area contributed by atoms with E-state index in [4.69, 9.17) is 37.0 Å². The van der Waals surface area contributed by atoms with Crippen LogP contribution in [0.2, 0.25) is 0 Å². The van der Waals surface area contributed by atoms with Crippen molar-refractivity contribution in [2.75, 3.05) is 39.6 Å². The van der Waals surface area contributed by atoms with Gasteiger partial charge < -0.3 is 33.8 Å². The zero-order chi connectivity index (χ0) is 65.0. The molecule has 0 bridgehead atoms. The lowest BCUT2D eigenvalue weighted by Gasteiger charge is -2.21.